The summed E-state index contributed by atoms with van der Waals surface area (Å²) in [5, 5.41) is 3.25. The van der Waals surface area contributed by atoms with Crippen molar-refractivity contribution < 1.29 is 9.18 Å². The van der Waals surface area contributed by atoms with Crippen LogP contribution in [0.5, 0.6) is 0 Å². The van der Waals surface area contributed by atoms with Crippen LogP contribution in [0, 0.1) is 12.7 Å². The van der Waals surface area contributed by atoms with Gasteiger partial charge in [0.05, 0.1) is 5.69 Å². The quantitative estimate of drug-likeness (QED) is 0.791. The van der Waals surface area contributed by atoms with Gasteiger partial charge in [0, 0.05) is 38.8 Å². The number of anilines is 2. The fourth-order valence-electron chi connectivity index (χ4n) is 3.18. The number of nitrogens with one attached hydrogen (secondary N) is 1. The highest BCUT2D eigenvalue weighted by Crippen LogP contribution is 2.21. The van der Waals surface area contributed by atoms with E-state index in [9.17, 15) is 9.18 Å². The number of halogens is 1. The average molecular weight is 371 g/mol. The Kier molecular flexibility index (Phi) is 6.21. The Morgan fingerprint density at radius 2 is 1.93 bits per heavy atom. The molecule has 0 aliphatic carbocycles. The predicted octanol–water partition coefficient (Wildman–Crippen LogP) is 3.10. The number of aromatic nitrogens is 2. The third-order valence-corrected chi connectivity index (χ3v) is 4.65. The number of benzene rings is 1. The highest BCUT2D eigenvalue weighted by molar-refractivity contribution is 5.93. The Balaban J connectivity index is 1.64. The van der Waals surface area contributed by atoms with E-state index in [0.717, 1.165) is 19.4 Å². The molecule has 1 fully saturated rings. The largest absolute Gasteiger partial charge is 0.370 e. The van der Waals surface area contributed by atoms with E-state index in [4.69, 9.17) is 0 Å². The summed E-state index contributed by atoms with van der Waals surface area (Å²) in [5.41, 5.74) is 0.991. The first-order chi connectivity index (χ1) is 13.1. The van der Waals surface area contributed by atoms with Crippen LogP contribution < -0.4 is 10.2 Å². The lowest BCUT2D eigenvalue weighted by Crippen LogP contribution is -2.49. The van der Waals surface area contributed by atoms with Crippen LogP contribution >= 0.6 is 0 Å². The van der Waals surface area contributed by atoms with Crippen LogP contribution in [0.3, 0.4) is 0 Å². The molecule has 1 aromatic heterocycles. The van der Waals surface area contributed by atoms with Gasteiger partial charge in [0.2, 0.25) is 0 Å². The minimum absolute atomic E-state index is 0.104. The molecule has 144 valence electrons. The molecule has 27 heavy (non-hydrogen) atoms. The van der Waals surface area contributed by atoms with Crippen LogP contribution in [-0.4, -0.2) is 53.5 Å². The van der Waals surface area contributed by atoms with E-state index in [1.807, 2.05) is 11.0 Å². The van der Waals surface area contributed by atoms with Crippen molar-refractivity contribution in [1.29, 1.82) is 0 Å². The van der Waals surface area contributed by atoms with Crippen molar-refractivity contribution in [3.05, 3.63) is 47.7 Å². The smallest absolute Gasteiger partial charge is 0.272 e. The maximum absolute atomic E-state index is 14.0. The van der Waals surface area contributed by atoms with E-state index in [1.165, 1.54) is 6.07 Å². The van der Waals surface area contributed by atoms with Crippen LogP contribution in [-0.2, 0) is 0 Å². The molecule has 0 radical (unpaired) electrons. The minimum atomic E-state index is -0.230. The molecule has 1 aliphatic rings. The predicted molar refractivity (Wildman–Crippen MR) is 105 cm³/mol. The average Bonchev–Trinajstić information content (AvgIpc) is 2.68. The Hall–Kier alpha value is -2.70. The Morgan fingerprint density at radius 3 is 2.63 bits per heavy atom. The summed E-state index contributed by atoms with van der Waals surface area (Å²) in [6.07, 6.45) is 2.14. The molecule has 0 spiro atoms. The number of amides is 1. The highest BCUT2D eigenvalue weighted by Gasteiger charge is 2.24. The second-order valence-corrected chi connectivity index (χ2v) is 6.70. The van der Waals surface area contributed by atoms with Crippen molar-refractivity contribution in [2.24, 2.45) is 0 Å². The van der Waals surface area contributed by atoms with Crippen molar-refractivity contribution in [2.75, 3.05) is 42.9 Å². The molecule has 3 rings (SSSR count). The van der Waals surface area contributed by atoms with E-state index >= 15 is 0 Å². The molecule has 2 heterocycles. The zero-order valence-electron chi connectivity index (χ0n) is 15.9. The third kappa shape index (κ3) is 4.72. The van der Waals surface area contributed by atoms with Crippen molar-refractivity contribution in [3.8, 4) is 0 Å². The summed E-state index contributed by atoms with van der Waals surface area (Å²) in [7, 11) is 0. The first kappa shape index (κ1) is 19.1. The van der Waals surface area contributed by atoms with Crippen molar-refractivity contribution in [3.63, 3.8) is 0 Å². The third-order valence-electron chi connectivity index (χ3n) is 4.65. The van der Waals surface area contributed by atoms with Crippen molar-refractivity contribution in [2.45, 2.75) is 26.7 Å². The van der Waals surface area contributed by atoms with Crippen LogP contribution in [0.15, 0.2) is 30.3 Å². The summed E-state index contributed by atoms with van der Waals surface area (Å²) in [6.45, 7) is 7.00. The molecular formula is C20H26FN5O. The van der Waals surface area contributed by atoms with Gasteiger partial charge in [-0.05, 0) is 25.5 Å². The van der Waals surface area contributed by atoms with Crippen LogP contribution in [0.1, 0.15) is 36.1 Å². The fourth-order valence-corrected chi connectivity index (χ4v) is 3.18. The van der Waals surface area contributed by atoms with Gasteiger partial charge in [-0.1, -0.05) is 25.5 Å². The molecule has 0 unspecified atom stereocenters. The second-order valence-electron chi connectivity index (χ2n) is 6.70. The summed E-state index contributed by atoms with van der Waals surface area (Å²) < 4.78 is 14.0. The molecule has 1 saturated heterocycles. The molecule has 1 aliphatic heterocycles. The Labute approximate surface area is 159 Å². The van der Waals surface area contributed by atoms with E-state index in [0.29, 0.717) is 49.2 Å². The summed E-state index contributed by atoms with van der Waals surface area (Å²) >= 11 is 0. The van der Waals surface area contributed by atoms with E-state index in [1.54, 1.807) is 30.0 Å². The van der Waals surface area contributed by atoms with E-state index in [-0.39, 0.29) is 11.7 Å². The number of nitrogens with zero attached hydrogens (tertiary/aromatic N) is 4. The summed E-state index contributed by atoms with van der Waals surface area (Å²) in [6, 6.07) is 8.46. The van der Waals surface area contributed by atoms with Gasteiger partial charge in [-0.3, -0.25) is 4.79 Å². The maximum Gasteiger partial charge on any atom is 0.272 e. The number of piperazine rings is 1. The molecule has 6 nitrogen and oxygen atoms in total. The normalized spacial score (nSPS) is 14.3. The monoisotopic (exact) mass is 371 g/mol. The van der Waals surface area contributed by atoms with Gasteiger partial charge in [-0.15, -0.1) is 0 Å². The zero-order valence-corrected chi connectivity index (χ0v) is 15.9. The number of hydrogen-bond acceptors (Lipinski definition) is 5. The molecular weight excluding hydrogens is 345 g/mol. The fraction of sp³-hybridized carbons (Fsp3) is 0.450. The second kappa shape index (κ2) is 8.79. The number of unbranched alkanes of at least 4 members (excludes halogenated alkanes) is 1. The molecule has 0 bridgehead atoms. The molecule has 2 aromatic rings. The van der Waals surface area contributed by atoms with Gasteiger partial charge in [0.15, 0.2) is 0 Å². The zero-order chi connectivity index (χ0) is 19.2. The topological polar surface area (TPSA) is 61.4 Å². The first-order valence-corrected chi connectivity index (χ1v) is 9.47. The molecule has 1 amide bonds. The molecule has 0 saturated carbocycles. The SMILES string of the molecule is CCCCNc1cc(C(=O)N2CCN(c3ccccc3F)CC2)nc(C)n1. The van der Waals surface area contributed by atoms with Crippen molar-refractivity contribution in [1.82, 2.24) is 14.9 Å². The van der Waals surface area contributed by atoms with Gasteiger partial charge >= 0.3 is 0 Å². The molecule has 1 aromatic carbocycles. The van der Waals surface area contributed by atoms with Gasteiger partial charge in [0.1, 0.15) is 23.2 Å². The highest BCUT2D eigenvalue weighted by atomic mass is 19.1. The lowest BCUT2D eigenvalue weighted by Gasteiger charge is -2.36. The summed E-state index contributed by atoms with van der Waals surface area (Å²) in [5.74, 6) is 0.924. The van der Waals surface area contributed by atoms with E-state index < -0.39 is 0 Å². The lowest BCUT2D eigenvalue weighted by atomic mass is 10.2. The van der Waals surface area contributed by atoms with Gasteiger partial charge in [0.25, 0.3) is 5.91 Å². The van der Waals surface area contributed by atoms with Crippen LogP contribution in [0.25, 0.3) is 0 Å². The Bertz CT molecular complexity index is 790. The van der Waals surface area contributed by atoms with Gasteiger partial charge in [-0.25, -0.2) is 14.4 Å². The number of carbonyl (C=O) groups is 1. The molecule has 7 heteroatoms. The number of rotatable bonds is 6. The van der Waals surface area contributed by atoms with Gasteiger partial charge in [-0.2, -0.15) is 0 Å². The standard InChI is InChI=1S/C20H26FN5O/c1-3-4-9-22-19-14-17(23-15(2)24-19)20(27)26-12-10-25(11-13-26)18-8-6-5-7-16(18)21/h5-8,14H,3-4,9-13H2,1-2H3,(H,22,23,24). The minimum Gasteiger partial charge on any atom is -0.370 e. The number of aryl methyl sites for hydroxylation is 1. The van der Waals surface area contributed by atoms with Crippen molar-refractivity contribution >= 4 is 17.4 Å². The Morgan fingerprint density at radius 1 is 1.19 bits per heavy atom. The first-order valence-electron chi connectivity index (χ1n) is 9.47. The van der Waals surface area contributed by atoms with Crippen LogP contribution in [0.2, 0.25) is 0 Å². The van der Waals surface area contributed by atoms with E-state index in [2.05, 4.69) is 22.2 Å². The maximum atomic E-state index is 14.0. The molecule has 1 N–H and O–H groups in total. The number of carbonyl (C=O) groups excluding carboxylic acids is 1. The van der Waals surface area contributed by atoms with Crippen LogP contribution in [0.4, 0.5) is 15.9 Å². The molecule has 0 atom stereocenters. The van der Waals surface area contributed by atoms with Gasteiger partial charge < -0.3 is 15.1 Å². The summed E-state index contributed by atoms with van der Waals surface area (Å²) in [4.78, 5) is 25.3. The number of hydrogen-bond donors (Lipinski definition) is 1. The lowest BCUT2D eigenvalue weighted by molar-refractivity contribution is 0.0740. The number of para-hydroxylation sites is 1.